The van der Waals surface area contributed by atoms with E-state index in [-0.39, 0.29) is 0 Å². The molecule has 84 valence electrons. The van der Waals surface area contributed by atoms with Gasteiger partial charge in [-0.2, -0.15) is 5.10 Å². The van der Waals surface area contributed by atoms with Crippen LogP contribution in [0, 0.1) is 0 Å². The molecule has 0 saturated carbocycles. The molecule has 0 bridgehead atoms. The van der Waals surface area contributed by atoms with Crippen LogP contribution in [0.4, 0.5) is 0 Å². The lowest BCUT2D eigenvalue weighted by Crippen LogP contribution is -1.99. The molecular weight excluding hydrogens is 202 g/mol. The van der Waals surface area contributed by atoms with Crippen molar-refractivity contribution in [1.82, 2.24) is 14.8 Å². The van der Waals surface area contributed by atoms with Gasteiger partial charge in [-0.15, -0.1) is 0 Å². The second-order valence-corrected chi connectivity index (χ2v) is 3.72. The van der Waals surface area contributed by atoms with Gasteiger partial charge in [0, 0.05) is 30.7 Å². The van der Waals surface area contributed by atoms with Crippen LogP contribution < -0.4 is 0 Å². The van der Waals surface area contributed by atoms with Gasteiger partial charge in [-0.3, -0.25) is 9.67 Å². The van der Waals surface area contributed by atoms with Gasteiger partial charge >= 0.3 is 0 Å². The summed E-state index contributed by atoms with van der Waals surface area (Å²) in [5.74, 6) is 0. The smallest absolute Gasteiger partial charge is 0.107 e. The van der Waals surface area contributed by atoms with Gasteiger partial charge in [-0.05, 0) is 24.1 Å². The molecule has 0 aliphatic carbocycles. The van der Waals surface area contributed by atoms with E-state index in [9.17, 15) is 5.11 Å². The number of aromatic nitrogens is 3. The van der Waals surface area contributed by atoms with Crippen molar-refractivity contribution in [2.24, 2.45) is 0 Å². The van der Waals surface area contributed by atoms with Crippen LogP contribution in [0.3, 0.4) is 0 Å². The Morgan fingerprint density at radius 2 is 2.06 bits per heavy atom. The molecule has 2 aromatic rings. The summed E-state index contributed by atoms with van der Waals surface area (Å²) in [6.07, 6.45) is 7.36. The van der Waals surface area contributed by atoms with E-state index in [1.165, 1.54) is 0 Å². The van der Waals surface area contributed by atoms with Crippen LogP contribution in [0.25, 0.3) is 0 Å². The first kappa shape index (κ1) is 10.8. The van der Waals surface area contributed by atoms with E-state index in [1.807, 2.05) is 23.0 Å². The SMILES string of the molecule is CCCn1cc(C(O)c2ccncc2)cn1. The lowest BCUT2D eigenvalue weighted by Gasteiger charge is -2.07. The average Bonchev–Trinajstić information content (AvgIpc) is 2.78. The van der Waals surface area contributed by atoms with Crippen LogP contribution in [0.5, 0.6) is 0 Å². The predicted octanol–water partition coefficient (Wildman–Crippen LogP) is 1.77. The fourth-order valence-corrected chi connectivity index (χ4v) is 1.61. The van der Waals surface area contributed by atoms with E-state index in [0.717, 1.165) is 24.1 Å². The number of rotatable bonds is 4. The number of aliphatic hydroxyl groups excluding tert-OH is 1. The lowest BCUT2D eigenvalue weighted by molar-refractivity contribution is 0.220. The highest BCUT2D eigenvalue weighted by Crippen LogP contribution is 2.20. The maximum Gasteiger partial charge on any atom is 0.107 e. The maximum absolute atomic E-state index is 10.1. The quantitative estimate of drug-likeness (QED) is 0.849. The number of aliphatic hydroxyl groups is 1. The van der Waals surface area contributed by atoms with Crippen molar-refractivity contribution in [1.29, 1.82) is 0 Å². The third-order valence-corrected chi connectivity index (χ3v) is 2.44. The molecule has 1 unspecified atom stereocenters. The van der Waals surface area contributed by atoms with Crippen molar-refractivity contribution >= 4 is 0 Å². The minimum atomic E-state index is -0.617. The van der Waals surface area contributed by atoms with Crippen LogP contribution in [-0.4, -0.2) is 19.9 Å². The Kier molecular flexibility index (Phi) is 3.31. The van der Waals surface area contributed by atoms with Gasteiger partial charge in [0.05, 0.1) is 6.20 Å². The number of pyridine rings is 1. The summed E-state index contributed by atoms with van der Waals surface area (Å²) in [6, 6.07) is 3.61. The Morgan fingerprint density at radius 1 is 1.31 bits per heavy atom. The molecule has 0 saturated heterocycles. The van der Waals surface area contributed by atoms with E-state index >= 15 is 0 Å². The Hall–Kier alpha value is -1.68. The molecular formula is C12H15N3O. The highest BCUT2D eigenvalue weighted by atomic mass is 16.3. The van der Waals surface area contributed by atoms with Crippen LogP contribution >= 0.6 is 0 Å². The average molecular weight is 217 g/mol. The largest absolute Gasteiger partial charge is 0.384 e. The summed E-state index contributed by atoms with van der Waals surface area (Å²) in [4.78, 5) is 3.92. The van der Waals surface area contributed by atoms with Crippen molar-refractivity contribution in [3.63, 3.8) is 0 Å². The zero-order valence-electron chi connectivity index (χ0n) is 9.24. The molecule has 16 heavy (non-hydrogen) atoms. The van der Waals surface area contributed by atoms with Crippen molar-refractivity contribution in [3.05, 3.63) is 48.0 Å². The molecule has 0 aliphatic heterocycles. The highest BCUT2D eigenvalue weighted by Gasteiger charge is 2.11. The minimum Gasteiger partial charge on any atom is -0.384 e. The van der Waals surface area contributed by atoms with Gasteiger partial charge in [0.25, 0.3) is 0 Å². The molecule has 0 amide bonds. The van der Waals surface area contributed by atoms with Crippen molar-refractivity contribution in [2.75, 3.05) is 0 Å². The molecule has 0 aromatic carbocycles. The summed E-state index contributed by atoms with van der Waals surface area (Å²) in [6.45, 7) is 2.98. The third kappa shape index (κ3) is 2.28. The minimum absolute atomic E-state index is 0.617. The van der Waals surface area contributed by atoms with E-state index in [2.05, 4.69) is 17.0 Å². The van der Waals surface area contributed by atoms with E-state index in [1.54, 1.807) is 18.6 Å². The van der Waals surface area contributed by atoms with E-state index in [4.69, 9.17) is 0 Å². The standard InChI is InChI=1S/C12H15N3O/c1-2-7-15-9-11(8-14-15)12(16)10-3-5-13-6-4-10/h3-6,8-9,12,16H,2,7H2,1H3. The summed E-state index contributed by atoms with van der Waals surface area (Å²) < 4.78 is 1.85. The van der Waals surface area contributed by atoms with Crippen molar-refractivity contribution in [3.8, 4) is 0 Å². The Morgan fingerprint density at radius 3 is 2.75 bits per heavy atom. The lowest BCUT2D eigenvalue weighted by atomic mass is 10.1. The first-order valence-corrected chi connectivity index (χ1v) is 5.41. The number of nitrogens with zero attached hydrogens (tertiary/aromatic N) is 3. The van der Waals surface area contributed by atoms with Gasteiger partial charge in [-0.1, -0.05) is 6.92 Å². The molecule has 1 atom stereocenters. The molecule has 0 aliphatic rings. The zero-order valence-corrected chi connectivity index (χ0v) is 9.24. The highest BCUT2D eigenvalue weighted by molar-refractivity contribution is 5.24. The third-order valence-electron chi connectivity index (χ3n) is 2.44. The second-order valence-electron chi connectivity index (χ2n) is 3.72. The molecule has 0 spiro atoms. The van der Waals surface area contributed by atoms with Crippen molar-refractivity contribution in [2.45, 2.75) is 26.0 Å². The van der Waals surface area contributed by atoms with Gasteiger partial charge in [-0.25, -0.2) is 0 Å². The first-order valence-electron chi connectivity index (χ1n) is 5.41. The summed E-state index contributed by atoms with van der Waals surface area (Å²) >= 11 is 0. The molecule has 4 nitrogen and oxygen atoms in total. The predicted molar refractivity (Wildman–Crippen MR) is 60.8 cm³/mol. The Labute approximate surface area is 94.6 Å². The molecule has 2 rings (SSSR count). The molecule has 2 heterocycles. The normalized spacial score (nSPS) is 12.6. The molecule has 2 aromatic heterocycles. The van der Waals surface area contributed by atoms with E-state index in [0.29, 0.717) is 0 Å². The fourth-order valence-electron chi connectivity index (χ4n) is 1.61. The number of hydrogen-bond acceptors (Lipinski definition) is 3. The fraction of sp³-hybridized carbons (Fsp3) is 0.333. The first-order chi connectivity index (χ1) is 7.81. The van der Waals surface area contributed by atoms with Gasteiger partial charge in [0.1, 0.15) is 6.10 Å². The number of aryl methyl sites for hydroxylation is 1. The summed E-state index contributed by atoms with van der Waals surface area (Å²) in [7, 11) is 0. The zero-order chi connectivity index (χ0) is 11.4. The van der Waals surface area contributed by atoms with Gasteiger partial charge < -0.3 is 5.11 Å². The Balaban J connectivity index is 2.17. The summed E-state index contributed by atoms with van der Waals surface area (Å²) in [5.41, 5.74) is 1.66. The van der Waals surface area contributed by atoms with E-state index < -0.39 is 6.10 Å². The number of hydrogen-bond donors (Lipinski definition) is 1. The molecule has 4 heteroatoms. The van der Waals surface area contributed by atoms with Crippen molar-refractivity contribution < 1.29 is 5.11 Å². The maximum atomic E-state index is 10.1. The van der Waals surface area contributed by atoms with Crippen LogP contribution in [-0.2, 0) is 6.54 Å². The van der Waals surface area contributed by atoms with Crippen LogP contribution in [0.15, 0.2) is 36.9 Å². The van der Waals surface area contributed by atoms with Gasteiger partial charge in [0.2, 0.25) is 0 Å². The van der Waals surface area contributed by atoms with Crippen LogP contribution in [0.1, 0.15) is 30.6 Å². The second kappa shape index (κ2) is 4.90. The Bertz CT molecular complexity index is 439. The van der Waals surface area contributed by atoms with Crippen LogP contribution in [0.2, 0.25) is 0 Å². The summed E-state index contributed by atoms with van der Waals surface area (Å²) in [5, 5.41) is 14.3. The molecule has 0 fully saturated rings. The molecule has 0 radical (unpaired) electrons. The molecule has 1 N–H and O–H groups in total. The van der Waals surface area contributed by atoms with Gasteiger partial charge in [0.15, 0.2) is 0 Å². The monoisotopic (exact) mass is 217 g/mol. The topological polar surface area (TPSA) is 50.9 Å².